The van der Waals surface area contributed by atoms with E-state index in [9.17, 15) is 22.8 Å². The van der Waals surface area contributed by atoms with E-state index >= 15 is 0 Å². The highest BCUT2D eigenvalue weighted by Crippen LogP contribution is 2.19. The van der Waals surface area contributed by atoms with Crippen LogP contribution in [0, 0.1) is 0 Å². The second-order valence-corrected chi connectivity index (χ2v) is 2.94. The number of allylic oxidation sites excluding steroid dienone is 1. The van der Waals surface area contributed by atoms with Crippen molar-refractivity contribution in [3.63, 3.8) is 0 Å². The Bertz CT molecular complexity index is 384. The first kappa shape index (κ1) is 14.9. The topological polar surface area (TPSA) is 72.2 Å². The Morgan fingerprint density at radius 2 is 1.76 bits per heavy atom. The number of carbonyl (C=O) groups is 2. The fraction of sp³-hybridized carbons (Fsp3) is 0.200. The molecule has 0 aliphatic heterocycles. The molecule has 0 unspecified atom stereocenters. The number of nitrogens with two attached hydrogens (primary N) is 1. The van der Waals surface area contributed by atoms with Gasteiger partial charge in [0.1, 0.15) is 6.42 Å². The smallest absolute Gasteiger partial charge is 0.366 e. The predicted octanol–water partition coefficient (Wildman–Crippen LogP) is 1.17. The number of halogens is 3. The van der Waals surface area contributed by atoms with Crippen LogP contribution in [0.2, 0.25) is 0 Å². The molecule has 0 aromatic heterocycles. The fourth-order valence-electron chi connectivity index (χ4n) is 0.948. The lowest BCUT2D eigenvalue weighted by Crippen LogP contribution is -2.29. The maximum absolute atomic E-state index is 11.9. The Kier molecular flexibility index (Phi) is 5.17. The molecule has 0 saturated carbocycles. The number of nitrogens with one attached hydrogen (secondary N) is 1. The van der Waals surface area contributed by atoms with Crippen LogP contribution in [-0.2, 0) is 9.59 Å². The van der Waals surface area contributed by atoms with E-state index in [1.54, 1.807) is 0 Å². The monoisotopic (exact) mass is 248 g/mol. The van der Waals surface area contributed by atoms with Crippen LogP contribution >= 0.6 is 0 Å². The molecule has 2 amide bonds. The zero-order valence-electron chi connectivity index (χ0n) is 8.80. The minimum Gasteiger partial charge on any atom is -0.366 e. The molecule has 0 aliphatic rings. The normalized spacial score (nSPS) is 12.4. The van der Waals surface area contributed by atoms with Gasteiger partial charge in [0.25, 0.3) is 5.91 Å². The van der Waals surface area contributed by atoms with Crippen molar-refractivity contribution in [2.75, 3.05) is 0 Å². The average Bonchev–Trinajstić information content (AvgIpc) is 2.13. The minimum absolute atomic E-state index is 0.207. The first-order chi connectivity index (χ1) is 7.71. The molecule has 0 aromatic rings. The SMILES string of the molecule is C=C/C(NC(=O)CC(F)(F)F)=C(\C=C)C(N)=O. The lowest BCUT2D eigenvalue weighted by atomic mass is 10.2. The van der Waals surface area contributed by atoms with Crippen LogP contribution in [0.3, 0.4) is 0 Å². The summed E-state index contributed by atoms with van der Waals surface area (Å²) in [5.41, 5.74) is 4.52. The van der Waals surface area contributed by atoms with Crippen molar-refractivity contribution >= 4 is 11.8 Å². The third-order valence-electron chi connectivity index (χ3n) is 1.60. The van der Waals surface area contributed by atoms with Crippen LogP contribution in [0.5, 0.6) is 0 Å². The molecule has 0 aliphatic carbocycles. The molecular weight excluding hydrogens is 237 g/mol. The van der Waals surface area contributed by atoms with Crippen LogP contribution in [-0.4, -0.2) is 18.0 Å². The third-order valence-corrected chi connectivity index (χ3v) is 1.60. The van der Waals surface area contributed by atoms with Gasteiger partial charge in [0, 0.05) is 0 Å². The number of hydrogen-bond acceptors (Lipinski definition) is 2. The number of alkyl halides is 3. The standard InChI is InChI=1S/C10H11F3N2O2/c1-3-6(9(14)17)7(4-2)15-8(16)5-10(11,12)13/h3-4H,1-2,5H2,(H2,14,17)(H,15,16)/b7-6-. The Labute approximate surface area is 95.7 Å². The van der Waals surface area contributed by atoms with Crippen LogP contribution in [0.4, 0.5) is 13.2 Å². The third kappa shape index (κ3) is 5.55. The summed E-state index contributed by atoms with van der Waals surface area (Å²) >= 11 is 0. The molecule has 0 saturated heterocycles. The summed E-state index contributed by atoms with van der Waals surface area (Å²) in [6.45, 7) is 6.51. The van der Waals surface area contributed by atoms with Crippen LogP contribution in [0.1, 0.15) is 6.42 Å². The summed E-state index contributed by atoms with van der Waals surface area (Å²) < 4.78 is 35.7. The van der Waals surface area contributed by atoms with E-state index in [2.05, 4.69) is 13.2 Å². The van der Waals surface area contributed by atoms with Gasteiger partial charge in [-0.3, -0.25) is 9.59 Å². The van der Waals surface area contributed by atoms with E-state index in [0.717, 1.165) is 12.2 Å². The van der Waals surface area contributed by atoms with Gasteiger partial charge < -0.3 is 11.1 Å². The molecule has 0 atom stereocenters. The largest absolute Gasteiger partial charge is 0.397 e. The fourth-order valence-corrected chi connectivity index (χ4v) is 0.948. The van der Waals surface area contributed by atoms with Gasteiger partial charge in [-0.25, -0.2) is 0 Å². The van der Waals surface area contributed by atoms with Gasteiger partial charge in [-0.15, -0.1) is 0 Å². The summed E-state index contributed by atoms with van der Waals surface area (Å²) in [7, 11) is 0. The molecular formula is C10H11F3N2O2. The van der Waals surface area contributed by atoms with Crippen molar-refractivity contribution in [1.82, 2.24) is 5.32 Å². The first-order valence-electron chi connectivity index (χ1n) is 4.36. The maximum Gasteiger partial charge on any atom is 0.397 e. The van der Waals surface area contributed by atoms with E-state index in [1.807, 2.05) is 5.32 Å². The molecule has 94 valence electrons. The molecule has 0 bridgehead atoms. The van der Waals surface area contributed by atoms with Gasteiger partial charge in [-0.05, 0) is 6.08 Å². The predicted molar refractivity (Wildman–Crippen MR) is 55.4 cm³/mol. The van der Waals surface area contributed by atoms with Gasteiger partial charge in [-0.2, -0.15) is 13.2 Å². The molecule has 0 fully saturated rings. The number of hydrogen-bond donors (Lipinski definition) is 2. The highest BCUT2D eigenvalue weighted by molar-refractivity contribution is 5.97. The lowest BCUT2D eigenvalue weighted by Gasteiger charge is -2.10. The minimum atomic E-state index is -4.63. The van der Waals surface area contributed by atoms with Gasteiger partial charge in [0.15, 0.2) is 0 Å². The quantitative estimate of drug-likeness (QED) is 0.566. The Morgan fingerprint density at radius 3 is 2.06 bits per heavy atom. The molecule has 7 heteroatoms. The second-order valence-electron chi connectivity index (χ2n) is 2.94. The van der Waals surface area contributed by atoms with E-state index in [4.69, 9.17) is 5.73 Å². The second kappa shape index (κ2) is 5.88. The maximum atomic E-state index is 11.9. The molecule has 0 aromatic carbocycles. The summed E-state index contributed by atoms with van der Waals surface area (Å²) in [6, 6.07) is 0. The number of rotatable bonds is 5. The molecule has 3 N–H and O–H groups in total. The summed E-state index contributed by atoms with van der Waals surface area (Å²) in [5, 5.41) is 1.89. The van der Waals surface area contributed by atoms with E-state index in [-0.39, 0.29) is 11.3 Å². The highest BCUT2D eigenvalue weighted by Gasteiger charge is 2.31. The molecule has 4 nitrogen and oxygen atoms in total. The van der Waals surface area contributed by atoms with Gasteiger partial charge in [0.05, 0.1) is 11.3 Å². The molecule has 0 spiro atoms. The van der Waals surface area contributed by atoms with Crippen molar-refractivity contribution < 1.29 is 22.8 Å². The van der Waals surface area contributed by atoms with Crippen molar-refractivity contribution in [3.05, 3.63) is 36.6 Å². The van der Waals surface area contributed by atoms with E-state index in [0.29, 0.717) is 0 Å². The highest BCUT2D eigenvalue weighted by atomic mass is 19.4. The molecule has 0 radical (unpaired) electrons. The van der Waals surface area contributed by atoms with Crippen LogP contribution in [0.15, 0.2) is 36.6 Å². The Morgan fingerprint density at radius 1 is 1.24 bits per heavy atom. The number of carbonyl (C=O) groups excluding carboxylic acids is 2. The van der Waals surface area contributed by atoms with Crippen molar-refractivity contribution in [3.8, 4) is 0 Å². The van der Waals surface area contributed by atoms with Gasteiger partial charge in [-0.1, -0.05) is 19.2 Å². The van der Waals surface area contributed by atoms with Crippen LogP contribution < -0.4 is 11.1 Å². The molecule has 0 rings (SSSR count). The van der Waals surface area contributed by atoms with Crippen molar-refractivity contribution in [1.29, 1.82) is 0 Å². The number of amides is 2. The van der Waals surface area contributed by atoms with Gasteiger partial charge in [0.2, 0.25) is 5.91 Å². The summed E-state index contributed by atoms with van der Waals surface area (Å²) in [5.74, 6) is -2.24. The van der Waals surface area contributed by atoms with E-state index < -0.39 is 24.4 Å². The van der Waals surface area contributed by atoms with Gasteiger partial charge >= 0.3 is 6.18 Å². The number of primary amides is 1. The summed E-state index contributed by atoms with van der Waals surface area (Å²) in [6.07, 6.45) is -4.26. The Balaban J connectivity index is 4.95. The van der Waals surface area contributed by atoms with Crippen molar-refractivity contribution in [2.24, 2.45) is 5.73 Å². The molecule has 0 heterocycles. The molecule has 17 heavy (non-hydrogen) atoms. The lowest BCUT2D eigenvalue weighted by molar-refractivity contribution is -0.153. The summed E-state index contributed by atoms with van der Waals surface area (Å²) in [4.78, 5) is 21.8. The Hall–Kier alpha value is -2.05. The zero-order chi connectivity index (χ0) is 13.6. The van der Waals surface area contributed by atoms with Crippen molar-refractivity contribution in [2.45, 2.75) is 12.6 Å². The average molecular weight is 248 g/mol. The zero-order valence-corrected chi connectivity index (χ0v) is 8.80. The first-order valence-corrected chi connectivity index (χ1v) is 4.36. The van der Waals surface area contributed by atoms with Crippen LogP contribution in [0.25, 0.3) is 0 Å². The van der Waals surface area contributed by atoms with E-state index in [1.165, 1.54) is 0 Å².